The molecule has 4 rings (SSSR count). The SMILES string of the molecule is CN/C=C\c1cc(N2CCN(C3CCN(c4ccccc4C(F)(F)F)CC3)CC2)cc(Cl)c1C=O. The Balaban J connectivity index is 1.37. The van der Waals surface area contributed by atoms with E-state index in [1.54, 1.807) is 25.4 Å². The maximum Gasteiger partial charge on any atom is 0.418 e. The van der Waals surface area contributed by atoms with Gasteiger partial charge in [-0.2, -0.15) is 13.2 Å². The number of carbonyl (C=O) groups excluding carboxylic acids is 1. The minimum absolute atomic E-state index is 0.280. The number of para-hydroxylation sites is 1. The van der Waals surface area contributed by atoms with Crippen molar-refractivity contribution in [2.45, 2.75) is 25.1 Å². The zero-order chi connectivity index (χ0) is 25.0. The molecule has 0 aliphatic carbocycles. The third-order valence-corrected chi connectivity index (χ3v) is 7.22. The average molecular weight is 507 g/mol. The van der Waals surface area contributed by atoms with Gasteiger partial charge in [0.2, 0.25) is 0 Å². The van der Waals surface area contributed by atoms with Crippen LogP contribution in [0.1, 0.15) is 34.3 Å². The third-order valence-electron chi connectivity index (χ3n) is 6.90. The monoisotopic (exact) mass is 506 g/mol. The maximum atomic E-state index is 13.4. The largest absolute Gasteiger partial charge is 0.418 e. The number of hydrogen-bond acceptors (Lipinski definition) is 5. The first-order chi connectivity index (χ1) is 16.8. The van der Waals surface area contributed by atoms with Gasteiger partial charge in [0.1, 0.15) is 0 Å². The molecule has 2 heterocycles. The molecule has 188 valence electrons. The number of nitrogens with zero attached hydrogens (tertiary/aromatic N) is 3. The van der Waals surface area contributed by atoms with E-state index in [9.17, 15) is 18.0 Å². The predicted octanol–water partition coefficient (Wildman–Crippen LogP) is 5.15. The molecule has 0 amide bonds. The Labute approximate surface area is 209 Å². The predicted molar refractivity (Wildman–Crippen MR) is 135 cm³/mol. The summed E-state index contributed by atoms with van der Waals surface area (Å²) in [5.41, 5.74) is 1.94. The van der Waals surface area contributed by atoms with Crippen molar-refractivity contribution in [2.75, 3.05) is 56.1 Å². The summed E-state index contributed by atoms with van der Waals surface area (Å²) < 4.78 is 40.3. The Morgan fingerprint density at radius 3 is 2.31 bits per heavy atom. The van der Waals surface area contributed by atoms with Crippen molar-refractivity contribution in [3.8, 4) is 0 Å². The number of piperidine rings is 1. The standard InChI is InChI=1S/C26H30ClF3N4O/c1-31-9-6-19-16-21(17-24(27)22(19)18-35)33-14-12-32(13-15-33)20-7-10-34(11-8-20)25-5-3-2-4-23(25)26(28,29)30/h2-6,9,16-18,20,31H,7-8,10-15H2,1H3/b9-6-. The molecule has 2 aromatic carbocycles. The molecule has 2 aromatic rings. The molecule has 0 spiro atoms. The summed E-state index contributed by atoms with van der Waals surface area (Å²) in [7, 11) is 1.79. The molecule has 2 aliphatic heterocycles. The fourth-order valence-electron chi connectivity index (χ4n) is 5.05. The number of anilines is 2. The zero-order valence-corrected chi connectivity index (χ0v) is 20.4. The van der Waals surface area contributed by atoms with Crippen molar-refractivity contribution in [1.29, 1.82) is 0 Å². The van der Waals surface area contributed by atoms with Gasteiger partial charge in [-0.25, -0.2) is 0 Å². The highest BCUT2D eigenvalue weighted by molar-refractivity contribution is 6.33. The van der Waals surface area contributed by atoms with Crippen LogP contribution in [0.3, 0.4) is 0 Å². The second-order valence-corrected chi connectivity index (χ2v) is 9.33. The number of alkyl halides is 3. The molecule has 0 unspecified atom stereocenters. The van der Waals surface area contributed by atoms with E-state index in [0.29, 0.717) is 29.7 Å². The summed E-state index contributed by atoms with van der Waals surface area (Å²) in [6, 6.07) is 10.0. The van der Waals surface area contributed by atoms with Crippen LogP contribution < -0.4 is 15.1 Å². The third kappa shape index (κ3) is 5.76. The topological polar surface area (TPSA) is 38.8 Å². The van der Waals surface area contributed by atoms with Crippen LogP contribution >= 0.6 is 11.6 Å². The van der Waals surface area contributed by atoms with E-state index in [1.807, 2.05) is 23.1 Å². The molecule has 0 saturated carbocycles. The average Bonchev–Trinajstić information content (AvgIpc) is 2.87. The van der Waals surface area contributed by atoms with Crippen LogP contribution in [0.5, 0.6) is 0 Å². The summed E-state index contributed by atoms with van der Waals surface area (Å²) in [6.45, 7) is 4.62. The lowest BCUT2D eigenvalue weighted by atomic mass is 10.00. The number of halogens is 4. The smallest absolute Gasteiger partial charge is 0.394 e. The van der Waals surface area contributed by atoms with E-state index >= 15 is 0 Å². The number of aldehydes is 1. The number of rotatable bonds is 6. The van der Waals surface area contributed by atoms with Crippen molar-refractivity contribution in [3.05, 3.63) is 64.3 Å². The van der Waals surface area contributed by atoms with Gasteiger partial charge in [-0.15, -0.1) is 0 Å². The molecule has 1 N–H and O–H groups in total. The van der Waals surface area contributed by atoms with Crippen molar-refractivity contribution in [2.24, 2.45) is 0 Å². The van der Waals surface area contributed by atoms with Crippen molar-refractivity contribution >= 4 is 35.3 Å². The Bertz CT molecular complexity index is 1060. The number of carbonyl (C=O) groups is 1. The lowest BCUT2D eigenvalue weighted by molar-refractivity contribution is -0.137. The van der Waals surface area contributed by atoms with Crippen LogP contribution in [0, 0.1) is 0 Å². The lowest BCUT2D eigenvalue weighted by Crippen LogP contribution is -2.53. The number of benzene rings is 2. The van der Waals surface area contributed by atoms with Crippen LogP contribution in [0.25, 0.3) is 6.08 Å². The summed E-state index contributed by atoms with van der Waals surface area (Å²) in [5, 5.41) is 3.37. The first kappa shape index (κ1) is 25.4. The Morgan fingerprint density at radius 2 is 1.69 bits per heavy atom. The summed E-state index contributed by atoms with van der Waals surface area (Å²) >= 11 is 6.39. The van der Waals surface area contributed by atoms with Gasteiger partial charge in [-0.3, -0.25) is 9.69 Å². The van der Waals surface area contributed by atoms with Crippen molar-refractivity contribution in [1.82, 2.24) is 10.2 Å². The van der Waals surface area contributed by atoms with Gasteiger partial charge in [-0.05, 0) is 54.9 Å². The zero-order valence-electron chi connectivity index (χ0n) is 19.7. The first-order valence-corrected chi connectivity index (χ1v) is 12.2. The number of nitrogens with one attached hydrogen (secondary N) is 1. The highest BCUT2D eigenvalue weighted by atomic mass is 35.5. The van der Waals surface area contributed by atoms with Gasteiger partial charge in [0, 0.05) is 69.3 Å². The highest BCUT2D eigenvalue weighted by Gasteiger charge is 2.36. The van der Waals surface area contributed by atoms with E-state index in [1.165, 1.54) is 6.07 Å². The Kier molecular flexibility index (Phi) is 7.91. The van der Waals surface area contributed by atoms with Crippen LogP contribution in [-0.2, 0) is 6.18 Å². The summed E-state index contributed by atoms with van der Waals surface area (Å²) in [4.78, 5) is 18.1. The summed E-state index contributed by atoms with van der Waals surface area (Å²) in [6.07, 6.45) is 1.70. The van der Waals surface area contributed by atoms with E-state index in [-0.39, 0.29) is 5.69 Å². The van der Waals surface area contributed by atoms with Crippen LogP contribution in [0.4, 0.5) is 24.5 Å². The van der Waals surface area contributed by atoms with E-state index in [4.69, 9.17) is 11.6 Å². The maximum absolute atomic E-state index is 13.4. The van der Waals surface area contributed by atoms with Crippen LogP contribution in [0.15, 0.2) is 42.6 Å². The molecular formula is C26H30ClF3N4O. The molecule has 2 aliphatic rings. The molecule has 2 fully saturated rings. The normalized spacial score (nSPS) is 18.3. The summed E-state index contributed by atoms with van der Waals surface area (Å²) in [5.74, 6) is 0. The number of hydrogen-bond donors (Lipinski definition) is 1. The molecule has 0 aromatic heterocycles. The number of piperazine rings is 1. The molecular weight excluding hydrogens is 477 g/mol. The van der Waals surface area contributed by atoms with Gasteiger partial charge < -0.3 is 15.1 Å². The Hall–Kier alpha value is -2.71. The van der Waals surface area contributed by atoms with Gasteiger partial charge in [0.05, 0.1) is 10.6 Å². The van der Waals surface area contributed by atoms with Gasteiger partial charge >= 0.3 is 6.18 Å². The minimum Gasteiger partial charge on any atom is -0.394 e. The van der Waals surface area contributed by atoms with E-state index in [2.05, 4.69) is 15.1 Å². The lowest BCUT2D eigenvalue weighted by Gasteiger charge is -2.44. The second-order valence-electron chi connectivity index (χ2n) is 8.93. The first-order valence-electron chi connectivity index (χ1n) is 11.8. The molecule has 9 heteroatoms. The molecule has 0 radical (unpaired) electrons. The van der Waals surface area contributed by atoms with Crippen molar-refractivity contribution < 1.29 is 18.0 Å². The van der Waals surface area contributed by atoms with Crippen LogP contribution in [0.2, 0.25) is 5.02 Å². The molecule has 35 heavy (non-hydrogen) atoms. The van der Waals surface area contributed by atoms with Gasteiger partial charge in [0.25, 0.3) is 0 Å². The van der Waals surface area contributed by atoms with E-state index in [0.717, 1.165) is 62.6 Å². The van der Waals surface area contributed by atoms with Crippen molar-refractivity contribution in [3.63, 3.8) is 0 Å². The van der Waals surface area contributed by atoms with Crippen LogP contribution in [-0.4, -0.2) is 63.5 Å². The van der Waals surface area contributed by atoms with Gasteiger partial charge in [-0.1, -0.05) is 23.7 Å². The fraction of sp³-hybridized carbons (Fsp3) is 0.423. The molecule has 0 bridgehead atoms. The molecule has 0 atom stereocenters. The minimum atomic E-state index is -4.35. The molecule has 5 nitrogen and oxygen atoms in total. The second kappa shape index (κ2) is 10.9. The van der Waals surface area contributed by atoms with E-state index < -0.39 is 11.7 Å². The van der Waals surface area contributed by atoms with Gasteiger partial charge in [0.15, 0.2) is 6.29 Å². The Morgan fingerprint density at radius 1 is 1.00 bits per heavy atom. The highest BCUT2D eigenvalue weighted by Crippen LogP contribution is 2.37. The fourth-order valence-corrected chi connectivity index (χ4v) is 5.31. The quantitative estimate of drug-likeness (QED) is 0.548. The molecule has 2 saturated heterocycles.